The largest absolute Gasteiger partial charge is 0.334 e. The Labute approximate surface area is 151 Å². The second-order valence-corrected chi connectivity index (χ2v) is 9.71. The van der Waals surface area contributed by atoms with Crippen LogP contribution < -0.4 is 5.32 Å². The van der Waals surface area contributed by atoms with Crippen LogP contribution in [0.2, 0.25) is 0 Å². The minimum Gasteiger partial charge on any atom is -0.334 e. The zero-order valence-electron chi connectivity index (χ0n) is 15.3. The molecule has 0 aliphatic carbocycles. The molecular formula is C17H32N4O3S. The number of amides is 2. The van der Waals surface area contributed by atoms with E-state index >= 15 is 0 Å². The fourth-order valence-electron chi connectivity index (χ4n) is 4.00. The highest BCUT2D eigenvalue weighted by Crippen LogP contribution is 2.23. The standard InChI is InChI=1S/C17H32N4O3S/c1-15-7-12-20(13-8-15)25(23,24)21-11-3-2-6-16(14-21)18-17(22)19-9-4-5-10-19/h15-16H,2-14H2,1H3,(H,18,22)/t16-/m1/s1. The number of hydrogen-bond acceptors (Lipinski definition) is 3. The van der Waals surface area contributed by atoms with Crippen LogP contribution in [0.5, 0.6) is 0 Å². The summed E-state index contributed by atoms with van der Waals surface area (Å²) in [6.45, 7) is 5.99. The molecule has 1 N–H and O–H groups in total. The first kappa shape index (κ1) is 18.9. The summed E-state index contributed by atoms with van der Waals surface area (Å²) in [4.78, 5) is 14.2. The second kappa shape index (κ2) is 8.22. The van der Waals surface area contributed by atoms with Crippen LogP contribution in [0.15, 0.2) is 0 Å². The van der Waals surface area contributed by atoms with Gasteiger partial charge in [-0.25, -0.2) is 4.79 Å². The topological polar surface area (TPSA) is 73.0 Å². The average Bonchev–Trinajstić information content (AvgIpc) is 3.02. The van der Waals surface area contributed by atoms with Crippen molar-refractivity contribution in [1.82, 2.24) is 18.8 Å². The van der Waals surface area contributed by atoms with Crippen molar-refractivity contribution in [3.05, 3.63) is 0 Å². The van der Waals surface area contributed by atoms with Gasteiger partial charge in [-0.1, -0.05) is 13.3 Å². The Morgan fingerprint density at radius 3 is 2.20 bits per heavy atom. The van der Waals surface area contributed by atoms with Gasteiger partial charge in [-0.3, -0.25) is 0 Å². The van der Waals surface area contributed by atoms with Gasteiger partial charge in [-0.05, 0) is 44.4 Å². The van der Waals surface area contributed by atoms with Gasteiger partial charge in [0.05, 0.1) is 0 Å². The lowest BCUT2D eigenvalue weighted by Gasteiger charge is -2.34. The monoisotopic (exact) mass is 372 g/mol. The minimum absolute atomic E-state index is 0.0338. The molecule has 144 valence electrons. The lowest BCUT2D eigenvalue weighted by atomic mass is 10.0. The van der Waals surface area contributed by atoms with Gasteiger partial charge in [-0.2, -0.15) is 17.0 Å². The molecule has 0 unspecified atom stereocenters. The maximum absolute atomic E-state index is 13.0. The predicted molar refractivity (Wildman–Crippen MR) is 97.4 cm³/mol. The highest BCUT2D eigenvalue weighted by Gasteiger charge is 2.35. The van der Waals surface area contributed by atoms with E-state index in [9.17, 15) is 13.2 Å². The summed E-state index contributed by atoms with van der Waals surface area (Å²) in [5, 5.41) is 3.08. The molecule has 2 amide bonds. The maximum Gasteiger partial charge on any atom is 0.317 e. The molecule has 0 aromatic carbocycles. The molecule has 0 aromatic heterocycles. The second-order valence-electron chi connectivity index (χ2n) is 7.78. The van der Waals surface area contributed by atoms with Crippen LogP contribution in [-0.4, -0.2) is 73.3 Å². The molecule has 0 spiro atoms. The van der Waals surface area contributed by atoms with Crippen LogP contribution in [-0.2, 0) is 10.2 Å². The summed E-state index contributed by atoms with van der Waals surface area (Å²) < 4.78 is 29.3. The number of rotatable bonds is 3. The van der Waals surface area contributed by atoms with E-state index in [2.05, 4.69) is 12.2 Å². The van der Waals surface area contributed by atoms with Gasteiger partial charge in [0.1, 0.15) is 0 Å². The number of piperidine rings is 1. The van der Waals surface area contributed by atoms with Crippen LogP contribution >= 0.6 is 0 Å². The van der Waals surface area contributed by atoms with Crippen LogP contribution in [0.4, 0.5) is 4.79 Å². The first-order valence-corrected chi connectivity index (χ1v) is 11.2. The van der Waals surface area contributed by atoms with Crippen LogP contribution in [0.25, 0.3) is 0 Å². The summed E-state index contributed by atoms with van der Waals surface area (Å²) in [5.74, 6) is 0.600. The van der Waals surface area contributed by atoms with Crippen molar-refractivity contribution in [2.24, 2.45) is 5.92 Å². The first-order chi connectivity index (χ1) is 12.0. The Bertz CT molecular complexity index is 554. The van der Waals surface area contributed by atoms with Gasteiger partial charge in [-0.15, -0.1) is 0 Å². The highest BCUT2D eigenvalue weighted by atomic mass is 32.2. The van der Waals surface area contributed by atoms with Crippen molar-refractivity contribution < 1.29 is 13.2 Å². The van der Waals surface area contributed by atoms with Gasteiger partial charge in [0, 0.05) is 45.3 Å². The number of nitrogens with zero attached hydrogens (tertiary/aromatic N) is 3. The fourth-order valence-corrected chi connectivity index (χ4v) is 5.73. The molecule has 3 aliphatic rings. The van der Waals surface area contributed by atoms with E-state index in [-0.39, 0.29) is 12.1 Å². The Kier molecular flexibility index (Phi) is 6.22. The van der Waals surface area contributed by atoms with Gasteiger partial charge >= 0.3 is 6.03 Å². The lowest BCUT2D eigenvalue weighted by molar-refractivity contribution is 0.201. The molecule has 1 atom stereocenters. The van der Waals surface area contributed by atoms with Crippen molar-refractivity contribution >= 4 is 16.2 Å². The zero-order chi connectivity index (χ0) is 17.9. The number of nitrogens with one attached hydrogen (secondary N) is 1. The lowest BCUT2D eigenvalue weighted by Crippen LogP contribution is -2.52. The zero-order valence-corrected chi connectivity index (χ0v) is 16.1. The molecular weight excluding hydrogens is 340 g/mol. The Morgan fingerprint density at radius 1 is 0.880 bits per heavy atom. The van der Waals surface area contributed by atoms with E-state index in [0.717, 1.165) is 58.0 Å². The molecule has 0 radical (unpaired) electrons. The van der Waals surface area contributed by atoms with Crippen LogP contribution in [0.1, 0.15) is 51.9 Å². The Balaban J connectivity index is 1.61. The fraction of sp³-hybridized carbons (Fsp3) is 0.941. The molecule has 3 heterocycles. The molecule has 0 saturated carbocycles. The molecule has 3 rings (SSSR count). The third-order valence-corrected chi connectivity index (χ3v) is 7.75. The SMILES string of the molecule is CC1CCN(S(=O)(=O)N2CCCC[C@@H](NC(=O)N3CCCC3)C2)CC1. The molecule has 0 bridgehead atoms. The molecule has 3 fully saturated rings. The van der Waals surface area contributed by atoms with Gasteiger partial charge < -0.3 is 10.2 Å². The van der Waals surface area contributed by atoms with Crippen molar-refractivity contribution in [2.45, 2.75) is 57.9 Å². The number of urea groups is 1. The van der Waals surface area contributed by atoms with Crippen LogP contribution in [0, 0.1) is 5.92 Å². The van der Waals surface area contributed by atoms with Crippen molar-refractivity contribution in [3.8, 4) is 0 Å². The number of carbonyl (C=O) groups excluding carboxylic acids is 1. The van der Waals surface area contributed by atoms with Crippen molar-refractivity contribution in [3.63, 3.8) is 0 Å². The molecule has 8 heteroatoms. The predicted octanol–water partition coefficient (Wildman–Crippen LogP) is 1.62. The number of carbonyl (C=O) groups is 1. The summed E-state index contributed by atoms with van der Waals surface area (Å²) in [7, 11) is -3.42. The summed E-state index contributed by atoms with van der Waals surface area (Å²) in [6.07, 6.45) is 6.65. The molecule has 3 aliphatic heterocycles. The maximum atomic E-state index is 13.0. The average molecular weight is 373 g/mol. The summed E-state index contributed by atoms with van der Waals surface area (Å²) >= 11 is 0. The van der Waals surface area contributed by atoms with E-state index in [4.69, 9.17) is 0 Å². The number of hydrogen-bond donors (Lipinski definition) is 1. The van der Waals surface area contributed by atoms with Gasteiger partial charge in [0.2, 0.25) is 0 Å². The minimum atomic E-state index is -3.42. The van der Waals surface area contributed by atoms with Crippen molar-refractivity contribution in [2.75, 3.05) is 39.3 Å². The van der Waals surface area contributed by atoms with E-state index in [1.807, 2.05) is 4.90 Å². The molecule has 7 nitrogen and oxygen atoms in total. The molecule has 0 aromatic rings. The Morgan fingerprint density at radius 2 is 1.52 bits per heavy atom. The first-order valence-electron chi connectivity index (χ1n) is 9.77. The van der Waals surface area contributed by atoms with E-state index in [1.165, 1.54) is 0 Å². The third-order valence-electron chi connectivity index (χ3n) is 5.75. The van der Waals surface area contributed by atoms with E-state index in [1.54, 1.807) is 8.61 Å². The molecule has 25 heavy (non-hydrogen) atoms. The Hall–Kier alpha value is -0.860. The smallest absolute Gasteiger partial charge is 0.317 e. The van der Waals surface area contributed by atoms with Crippen molar-refractivity contribution in [1.29, 1.82) is 0 Å². The third kappa shape index (κ3) is 4.65. The van der Waals surface area contributed by atoms with Gasteiger partial charge in [0.25, 0.3) is 10.2 Å². The molecule has 3 saturated heterocycles. The normalized spacial score (nSPS) is 28.0. The van der Waals surface area contributed by atoms with Crippen LogP contribution in [0.3, 0.4) is 0 Å². The van der Waals surface area contributed by atoms with Gasteiger partial charge in [0.15, 0.2) is 0 Å². The van der Waals surface area contributed by atoms with E-state index in [0.29, 0.717) is 32.1 Å². The quantitative estimate of drug-likeness (QED) is 0.818. The van der Waals surface area contributed by atoms with E-state index < -0.39 is 10.2 Å². The summed E-state index contributed by atoms with van der Waals surface area (Å²) in [5.41, 5.74) is 0. The highest BCUT2D eigenvalue weighted by molar-refractivity contribution is 7.86. The summed E-state index contributed by atoms with van der Waals surface area (Å²) in [6, 6.07) is -0.123. The number of likely N-dealkylation sites (tertiary alicyclic amines) is 1.